The van der Waals surface area contributed by atoms with Gasteiger partial charge in [-0.3, -0.25) is 4.79 Å². The highest BCUT2D eigenvalue weighted by Gasteiger charge is 2.08. The molecule has 2 aromatic heterocycles. The number of aromatic nitrogens is 3. The number of nitrogens with two attached hydrogens (primary N) is 1. The number of amides is 1. The Hall–Kier alpha value is -3.95. The normalized spacial score (nSPS) is 10.4. The SMILES string of the molecule is Cc1ccc(C(=O)Nc2ccc(CN)cc2)cc1C#Cc1cnc2cccnn12. The van der Waals surface area contributed by atoms with Crippen LogP contribution < -0.4 is 11.1 Å². The third-order valence-corrected chi connectivity index (χ3v) is 4.55. The molecule has 142 valence electrons. The van der Waals surface area contributed by atoms with E-state index in [4.69, 9.17) is 5.73 Å². The van der Waals surface area contributed by atoms with Crippen molar-refractivity contribution in [1.82, 2.24) is 14.6 Å². The average molecular weight is 381 g/mol. The van der Waals surface area contributed by atoms with E-state index >= 15 is 0 Å². The van der Waals surface area contributed by atoms with Gasteiger partial charge in [-0.1, -0.05) is 24.1 Å². The summed E-state index contributed by atoms with van der Waals surface area (Å²) in [7, 11) is 0. The molecule has 3 N–H and O–H groups in total. The molecule has 0 aliphatic rings. The van der Waals surface area contributed by atoms with Gasteiger partial charge in [-0.15, -0.1) is 0 Å². The minimum Gasteiger partial charge on any atom is -0.326 e. The summed E-state index contributed by atoms with van der Waals surface area (Å²) in [5, 5.41) is 7.16. The van der Waals surface area contributed by atoms with Crippen LogP contribution in [0.2, 0.25) is 0 Å². The first-order valence-corrected chi connectivity index (χ1v) is 9.16. The molecule has 0 fully saturated rings. The van der Waals surface area contributed by atoms with E-state index in [0.717, 1.165) is 28.0 Å². The molecule has 0 saturated heterocycles. The van der Waals surface area contributed by atoms with Crippen LogP contribution in [-0.2, 0) is 6.54 Å². The van der Waals surface area contributed by atoms with Crippen LogP contribution in [0, 0.1) is 18.8 Å². The topological polar surface area (TPSA) is 85.3 Å². The molecule has 0 spiro atoms. The Morgan fingerprint density at radius 1 is 1.14 bits per heavy atom. The van der Waals surface area contributed by atoms with Crippen LogP contribution in [0.25, 0.3) is 5.65 Å². The molecule has 0 radical (unpaired) electrons. The van der Waals surface area contributed by atoms with E-state index in [9.17, 15) is 4.79 Å². The number of fused-ring (bicyclic) bond motifs is 1. The maximum absolute atomic E-state index is 12.6. The number of carbonyl (C=O) groups excluding carboxylic acids is 1. The monoisotopic (exact) mass is 381 g/mol. The Morgan fingerprint density at radius 3 is 2.76 bits per heavy atom. The predicted molar refractivity (Wildman–Crippen MR) is 112 cm³/mol. The first-order valence-electron chi connectivity index (χ1n) is 9.16. The molecule has 0 atom stereocenters. The Bertz CT molecular complexity index is 1250. The molecule has 29 heavy (non-hydrogen) atoms. The molecular formula is C23H19N5O. The molecule has 2 aromatic carbocycles. The molecule has 0 unspecified atom stereocenters. The molecule has 4 aromatic rings. The van der Waals surface area contributed by atoms with Gasteiger partial charge in [-0.2, -0.15) is 5.10 Å². The number of aryl methyl sites for hydroxylation is 1. The van der Waals surface area contributed by atoms with Gasteiger partial charge in [-0.05, 0) is 60.4 Å². The van der Waals surface area contributed by atoms with Crippen LogP contribution in [0.1, 0.15) is 32.7 Å². The number of hydrogen-bond donors (Lipinski definition) is 2. The Labute approximate surface area is 168 Å². The van der Waals surface area contributed by atoms with Crippen molar-refractivity contribution < 1.29 is 4.79 Å². The van der Waals surface area contributed by atoms with Gasteiger partial charge in [0.2, 0.25) is 0 Å². The number of nitrogens with one attached hydrogen (secondary N) is 1. The summed E-state index contributed by atoms with van der Waals surface area (Å²) in [5.74, 6) is 6.04. The van der Waals surface area contributed by atoms with Crippen molar-refractivity contribution in [3.8, 4) is 11.8 Å². The smallest absolute Gasteiger partial charge is 0.255 e. The number of rotatable bonds is 3. The zero-order valence-corrected chi connectivity index (χ0v) is 15.9. The van der Waals surface area contributed by atoms with Crippen LogP contribution in [0.5, 0.6) is 0 Å². The fourth-order valence-corrected chi connectivity index (χ4v) is 2.87. The highest BCUT2D eigenvalue weighted by molar-refractivity contribution is 6.04. The van der Waals surface area contributed by atoms with Gasteiger partial charge < -0.3 is 11.1 Å². The zero-order valence-electron chi connectivity index (χ0n) is 15.9. The van der Waals surface area contributed by atoms with E-state index in [1.165, 1.54) is 0 Å². The van der Waals surface area contributed by atoms with E-state index in [1.807, 2.05) is 49.4 Å². The highest BCUT2D eigenvalue weighted by atomic mass is 16.1. The van der Waals surface area contributed by atoms with Crippen LogP contribution in [0.15, 0.2) is 67.0 Å². The number of imidazole rings is 1. The lowest BCUT2D eigenvalue weighted by atomic mass is 10.0. The summed E-state index contributed by atoms with van der Waals surface area (Å²) in [5.41, 5.74) is 11.1. The quantitative estimate of drug-likeness (QED) is 0.534. The largest absolute Gasteiger partial charge is 0.326 e. The molecule has 6 nitrogen and oxygen atoms in total. The summed E-state index contributed by atoms with van der Waals surface area (Å²) in [6.45, 7) is 2.43. The van der Waals surface area contributed by atoms with E-state index in [0.29, 0.717) is 17.8 Å². The third-order valence-electron chi connectivity index (χ3n) is 4.55. The minimum atomic E-state index is -0.190. The number of benzene rings is 2. The lowest BCUT2D eigenvalue weighted by Gasteiger charge is -2.07. The second-order valence-corrected chi connectivity index (χ2v) is 6.57. The van der Waals surface area contributed by atoms with Gasteiger partial charge in [0.15, 0.2) is 5.65 Å². The molecule has 0 aliphatic carbocycles. The van der Waals surface area contributed by atoms with E-state index in [2.05, 4.69) is 27.2 Å². The van der Waals surface area contributed by atoms with Crippen LogP contribution >= 0.6 is 0 Å². The van der Waals surface area contributed by atoms with Crippen LogP contribution in [0.3, 0.4) is 0 Å². The Morgan fingerprint density at radius 2 is 1.97 bits per heavy atom. The summed E-state index contributed by atoms with van der Waals surface area (Å²) in [6, 6.07) is 16.6. The maximum atomic E-state index is 12.6. The summed E-state index contributed by atoms with van der Waals surface area (Å²) in [6.07, 6.45) is 3.38. The zero-order chi connectivity index (χ0) is 20.2. The van der Waals surface area contributed by atoms with Gasteiger partial charge in [0, 0.05) is 29.6 Å². The first kappa shape index (κ1) is 18.4. The third kappa shape index (κ3) is 4.00. The minimum absolute atomic E-state index is 0.190. The lowest BCUT2D eigenvalue weighted by Crippen LogP contribution is -2.12. The van der Waals surface area contributed by atoms with Crippen molar-refractivity contribution in [1.29, 1.82) is 0 Å². The van der Waals surface area contributed by atoms with E-state index < -0.39 is 0 Å². The van der Waals surface area contributed by atoms with E-state index in [1.54, 1.807) is 29.0 Å². The molecular weight excluding hydrogens is 362 g/mol. The standard InChI is InChI=1S/C23H19N5O/c1-16-4-7-19(23(29)27-20-9-5-17(14-24)6-10-20)13-18(16)8-11-21-15-25-22-3-2-12-26-28(21)22/h2-7,9-10,12-13,15H,14,24H2,1H3,(H,27,29). The molecule has 0 saturated carbocycles. The Balaban J connectivity index is 1.58. The predicted octanol–water partition coefficient (Wildman–Crippen LogP) is 3.15. The van der Waals surface area contributed by atoms with Gasteiger partial charge in [0.1, 0.15) is 5.69 Å². The van der Waals surface area contributed by atoms with E-state index in [-0.39, 0.29) is 5.91 Å². The number of carbonyl (C=O) groups is 1. The number of nitrogens with zero attached hydrogens (tertiary/aromatic N) is 3. The number of hydrogen-bond acceptors (Lipinski definition) is 4. The molecule has 0 bridgehead atoms. The summed E-state index contributed by atoms with van der Waals surface area (Å²) >= 11 is 0. The number of anilines is 1. The second kappa shape index (κ2) is 7.97. The molecule has 6 heteroatoms. The second-order valence-electron chi connectivity index (χ2n) is 6.57. The molecule has 1 amide bonds. The highest BCUT2D eigenvalue weighted by Crippen LogP contribution is 2.14. The Kier molecular flexibility index (Phi) is 5.06. The van der Waals surface area contributed by atoms with Crippen LogP contribution in [0.4, 0.5) is 5.69 Å². The van der Waals surface area contributed by atoms with Crippen molar-refractivity contribution in [2.45, 2.75) is 13.5 Å². The van der Waals surface area contributed by atoms with Crippen molar-refractivity contribution in [2.75, 3.05) is 5.32 Å². The van der Waals surface area contributed by atoms with Gasteiger partial charge in [0.25, 0.3) is 5.91 Å². The van der Waals surface area contributed by atoms with Crippen molar-refractivity contribution in [3.63, 3.8) is 0 Å². The van der Waals surface area contributed by atoms with Crippen molar-refractivity contribution in [3.05, 3.63) is 94.9 Å². The van der Waals surface area contributed by atoms with Crippen molar-refractivity contribution in [2.24, 2.45) is 5.73 Å². The first-order chi connectivity index (χ1) is 14.1. The summed E-state index contributed by atoms with van der Waals surface area (Å²) in [4.78, 5) is 16.9. The van der Waals surface area contributed by atoms with Crippen LogP contribution in [-0.4, -0.2) is 20.5 Å². The van der Waals surface area contributed by atoms with Gasteiger partial charge in [0.05, 0.1) is 6.20 Å². The molecule has 0 aliphatic heterocycles. The lowest BCUT2D eigenvalue weighted by molar-refractivity contribution is 0.102. The summed E-state index contributed by atoms with van der Waals surface area (Å²) < 4.78 is 1.68. The molecule has 4 rings (SSSR count). The van der Waals surface area contributed by atoms with Gasteiger partial charge >= 0.3 is 0 Å². The molecule has 2 heterocycles. The maximum Gasteiger partial charge on any atom is 0.255 e. The average Bonchev–Trinajstić information content (AvgIpc) is 3.17. The fourth-order valence-electron chi connectivity index (χ4n) is 2.87. The van der Waals surface area contributed by atoms with Gasteiger partial charge in [-0.25, -0.2) is 9.50 Å². The van der Waals surface area contributed by atoms with Crippen molar-refractivity contribution >= 4 is 17.2 Å². The fraction of sp³-hybridized carbons (Fsp3) is 0.0870.